The Hall–Kier alpha value is -3.46. The van der Waals surface area contributed by atoms with Gasteiger partial charge in [-0.05, 0) is 62.6 Å². The zero-order valence-corrected chi connectivity index (χ0v) is 20.9. The maximum Gasteiger partial charge on any atom is 0.254 e. The van der Waals surface area contributed by atoms with Gasteiger partial charge in [-0.25, -0.2) is 15.0 Å². The van der Waals surface area contributed by atoms with Crippen LogP contribution >= 0.6 is 0 Å². The van der Waals surface area contributed by atoms with Gasteiger partial charge in [-0.15, -0.1) is 0 Å². The molecule has 3 aromatic heterocycles. The molecule has 0 radical (unpaired) electrons. The first-order valence-electron chi connectivity index (χ1n) is 12.9. The van der Waals surface area contributed by atoms with Crippen LogP contribution in [0.1, 0.15) is 41.9 Å². The van der Waals surface area contributed by atoms with Crippen LogP contribution in [0.15, 0.2) is 24.4 Å². The summed E-state index contributed by atoms with van der Waals surface area (Å²) in [6.07, 6.45) is 6.47. The summed E-state index contributed by atoms with van der Waals surface area (Å²) in [5.74, 6) is 3.32. The summed E-state index contributed by atoms with van der Waals surface area (Å²) >= 11 is 0. The summed E-state index contributed by atoms with van der Waals surface area (Å²) < 4.78 is 10.1. The molecule has 3 fully saturated rings. The Morgan fingerprint density at radius 2 is 2.00 bits per heavy atom. The second-order valence-corrected chi connectivity index (χ2v) is 10.8. The standard InChI is InChI=1S/C27H31N7O2/c1-14-29-11-18-9-21(33(25(18)30-14)12-15-4-5-15)26-31-19-8-17(10-22(36-3)24(19)32(26)2)27(35)34-13-16-6-7-20(34)23(16)28/h8-11,15-16,20,23H,4-7,12-13,28H2,1-3H3/t16-,20?,23?/m1/s1. The van der Waals surface area contributed by atoms with E-state index in [0.717, 1.165) is 65.3 Å². The van der Waals surface area contributed by atoms with Crippen LogP contribution in [-0.2, 0) is 13.6 Å². The number of piperidine rings is 1. The van der Waals surface area contributed by atoms with Crippen molar-refractivity contribution in [3.8, 4) is 17.3 Å². The molecule has 3 atom stereocenters. The Balaban J connectivity index is 1.35. The lowest BCUT2D eigenvalue weighted by Crippen LogP contribution is -2.41. The molecule has 2 N–H and O–H groups in total. The number of benzene rings is 1. The number of hydrogen-bond acceptors (Lipinski definition) is 6. The van der Waals surface area contributed by atoms with Crippen LogP contribution in [0.5, 0.6) is 5.75 Å². The first-order chi connectivity index (χ1) is 17.4. The molecule has 1 aromatic carbocycles. The van der Waals surface area contributed by atoms with Crippen LogP contribution in [-0.4, -0.2) is 60.6 Å². The monoisotopic (exact) mass is 485 g/mol. The average molecular weight is 486 g/mol. The minimum absolute atomic E-state index is 0.0126. The third kappa shape index (κ3) is 3.18. The minimum atomic E-state index is 0.0126. The molecule has 7 rings (SSSR count). The average Bonchev–Trinajstić information content (AvgIpc) is 3.29. The summed E-state index contributed by atoms with van der Waals surface area (Å²) in [6, 6.07) is 6.09. The van der Waals surface area contributed by atoms with Crippen molar-refractivity contribution in [1.82, 2.24) is 29.0 Å². The molecule has 1 amide bonds. The van der Waals surface area contributed by atoms with Gasteiger partial charge in [0, 0.05) is 49.4 Å². The number of likely N-dealkylation sites (tertiary alicyclic amines) is 1. The predicted molar refractivity (Wildman–Crippen MR) is 137 cm³/mol. The lowest BCUT2D eigenvalue weighted by atomic mass is 10.1. The Kier molecular flexibility index (Phi) is 4.70. The van der Waals surface area contributed by atoms with E-state index >= 15 is 0 Å². The highest BCUT2D eigenvalue weighted by Crippen LogP contribution is 2.40. The van der Waals surface area contributed by atoms with Gasteiger partial charge in [-0.3, -0.25) is 4.79 Å². The smallest absolute Gasteiger partial charge is 0.254 e. The zero-order valence-electron chi connectivity index (χ0n) is 20.9. The van der Waals surface area contributed by atoms with Crippen LogP contribution in [0, 0.1) is 18.8 Å². The van der Waals surface area contributed by atoms with E-state index in [4.69, 9.17) is 20.4 Å². The molecule has 186 valence electrons. The summed E-state index contributed by atoms with van der Waals surface area (Å²) in [6.45, 7) is 3.57. The third-order valence-corrected chi connectivity index (χ3v) is 8.44. The summed E-state index contributed by atoms with van der Waals surface area (Å²) in [5, 5.41) is 1.01. The number of nitrogens with zero attached hydrogens (tertiary/aromatic N) is 6. The van der Waals surface area contributed by atoms with Crippen molar-refractivity contribution in [3.05, 3.63) is 35.8 Å². The highest BCUT2D eigenvalue weighted by molar-refractivity contribution is 6.00. The van der Waals surface area contributed by atoms with Crippen molar-refractivity contribution in [3.63, 3.8) is 0 Å². The second-order valence-electron chi connectivity index (χ2n) is 10.8. The van der Waals surface area contributed by atoms with E-state index in [1.54, 1.807) is 7.11 Å². The Morgan fingerprint density at radius 3 is 2.69 bits per heavy atom. The van der Waals surface area contributed by atoms with Gasteiger partial charge in [0.2, 0.25) is 0 Å². The van der Waals surface area contributed by atoms with Crippen molar-refractivity contribution in [2.45, 2.75) is 51.2 Å². The fourth-order valence-electron chi connectivity index (χ4n) is 6.32. The van der Waals surface area contributed by atoms with E-state index in [1.807, 2.05) is 37.2 Å². The van der Waals surface area contributed by atoms with Crippen molar-refractivity contribution in [1.29, 1.82) is 0 Å². The highest BCUT2D eigenvalue weighted by atomic mass is 16.5. The number of ether oxygens (including phenoxy) is 1. The van der Waals surface area contributed by atoms with Crippen molar-refractivity contribution < 1.29 is 9.53 Å². The van der Waals surface area contributed by atoms with Gasteiger partial charge in [-0.1, -0.05) is 0 Å². The lowest BCUT2D eigenvalue weighted by molar-refractivity contribution is 0.0700. The van der Waals surface area contributed by atoms with Crippen molar-refractivity contribution in [2.75, 3.05) is 13.7 Å². The van der Waals surface area contributed by atoms with E-state index in [1.165, 1.54) is 12.8 Å². The van der Waals surface area contributed by atoms with Gasteiger partial charge in [0.05, 0.1) is 18.3 Å². The van der Waals surface area contributed by atoms with E-state index in [2.05, 4.69) is 20.2 Å². The fraction of sp³-hybridized carbons (Fsp3) is 0.481. The minimum Gasteiger partial charge on any atom is -0.494 e. The number of carbonyl (C=O) groups excluding carboxylic acids is 1. The van der Waals surface area contributed by atoms with Gasteiger partial charge >= 0.3 is 0 Å². The summed E-state index contributed by atoms with van der Waals surface area (Å²) in [5.41, 5.74) is 10.5. The third-order valence-electron chi connectivity index (χ3n) is 8.44. The largest absolute Gasteiger partial charge is 0.494 e. The van der Waals surface area contributed by atoms with Crippen LogP contribution in [0.3, 0.4) is 0 Å². The van der Waals surface area contributed by atoms with Gasteiger partial charge < -0.3 is 24.5 Å². The molecule has 4 heterocycles. The molecular formula is C27H31N7O2. The van der Waals surface area contributed by atoms with E-state index in [9.17, 15) is 4.79 Å². The van der Waals surface area contributed by atoms with Gasteiger partial charge in [-0.2, -0.15) is 0 Å². The van der Waals surface area contributed by atoms with E-state index in [0.29, 0.717) is 23.1 Å². The molecule has 0 spiro atoms. The first-order valence-corrected chi connectivity index (χ1v) is 12.9. The number of fused-ring (bicyclic) bond motifs is 4. The summed E-state index contributed by atoms with van der Waals surface area (Å²) in [4.78, 5) is 29.7. The maximum absolute atomic E-state index is 13.5. The number of rotatable bonds is 5. The Labute approximate surface area is 209 Å². The number of nitrogens with two attached hydrogens (primary N) is 1. The normalized spacial score (nSPS) is 23.3. The molecule has 2 unspecified atom stereocenters. The number of amides is 1. The van der Waals surface area contributed by atoms with E-state index in [-0.39, 0.29) is 18.0 Å². The molecule has 9 nitrogen and oxygen atoms in total. The molecule has 3 aliphatic rings. The van der Waals surface area contributed by atoms with Crippen LogP contribution in [0.4, 0.5) is 0 Å². The van der Waals surface area contributed by atoms with Crippen LogP contribution in [0.25, 0.3) is 33.6 Å². The Morgan fingerprint density at radius 1 is 1.17 bits per heavy atom. The number of imidazole rings is 1. The quantitative estimate of drug-likeness (QED) is 0.465. The zero-order chi connectivity index (χ0) is 24.7. The number of aromatic nitrogens is 5. The molecule has 4 aromatic rings. The number of methoxy groups -OCH3 is 1. The van der Waals surface area contributed by atoms with Crippen molar-refractivity contribution >= 4 is 28.0 Å². The van der Waals surface area contributed by atoms with Gasteiger partial charge in [0.25, 0.3) is 5.91 Å². The highest BCUT2D eigenvalue weighted by Gasteiger charge is 2.47. The molecule has 2 bridgehead atoms. The molecular weight excluding hydrogens is 454 g/mol. The van der Waals surface area contributed by atoms with Gasteiger partial charge in [0.1, 0.15) is 22.7 Å². The van der Waals surface area contributed by atoms with Gasteiger partial charge in [0.15, 0.2) is 5.82 Å². The van der Waals surface area contributed by atoms with E-state index < -0.39 is 0 Å². The van der Waals surface area contributed by atoms with Crippen LogP contribution in [0.2, 0.25) is 0 Å². The van der Waals surface area contributed by atoms with Crippen LogP contribution < -0.4 is 10.5 Å². The predicted octanol–water partition coefficient (Wildman–Crippen LogP) is 3.27. The topological polar surface area (TPSA) is 104 Å². The van der Waals surface area contributed by atoms with Crippen molar-refractivity contribution in [2.24, 2.45) is 24.6 Å². The molecule has 2 aliphatic carbocycles. The molecule has 9 heteroatoms. The number of aryl methyl sites for hydroxylation is 2. The lowest BCUT2D eigenvalue weighted by Gasteiger charge is -2.27. The number of carbonyl (C=O) groups is 1. The summed E-state index contributed by atoms with van der Waals surface area (Å²) in [7, 11) is 3.65. The fourth-order valence-corrected chi connectivity index (χ4v) is 6.32. The molecule has 1 saturated heterocycles. The first kappa shape index (κ1) is 21.8. The number of hydrogen-bond donors (Lipinski definition) is 1. The maximum atomic E-state index is 13.5. The molecule has 1 aliphatic heterocycles. The molecule has 36 heavy (non-hydrogen) atoms. The molecule has 2 saturated carbocycles. The SMILES string of the molecule is COc1cc(C(=O)N2C[C@H]3CCC2C3N)cc2nc(-c3cc4cnc(C)nc4n3CC3CC3)n(C)c12. The Bertz CT molecular complexity index is 1530. The second kappa shape index (κ2) is 7.77.